The summed E-state index contributed by atoms with van der Waals surface area (Å²) in [4.78, 5) is 0. The molecule has 1 aliphatic carbocycles. The van der Waals surface area contributed by atoms with Crippen LogP contribution < -0.4 is 10.0 Å². The molecule has 5 nitrogen and oxygen atoms in total. The Bertz CT molecular complexity index is 545. The van der Waals surface area contributed by atoms with Crippen LogP contribution in [0.25, 0.3) is 0 Å². The second kappa shape index (κ2) is 5.87. The number of hydrogen-bond donors (Lipinski definition) is 2. The van der Waals surface area contributed by atoms with Gasteiger partial charge in [-0.1, -0.05) is 20.8 Å². The lowest BCUT2D eigenvalue weighted by Gasteiger charge is -2.09. The summed E-state index contributed by atoms with van der Waals surface area (Å²) in [6.45, 7) is 8.22. The van der Waals surface area contributed by atoms with Crippen molar-refractivity contribution < 1.29 is 12.8 Å². The maximum atomic E-state index is 12.1. The van der Waals surface area contributed by atoms with E-state index in [1.807, 2.05) is 0 Å². The highest BCUT2D eigenvalue weighted by Crippen LogP contribution is 2.44. The van der Waals surface area contributed by atoms with E-state index in [9.17, 15) is 8.42 Å². The molecule has 114 valence electrons. The molecule has 1 aliphatic rings. The Morgan fingerprint density at radius 1 is 1.35 bits per heavy atom. The fourth-order valence-corrected chi connectivity index (χ4v) is 2.96. The minimum Gasteiger partial charge on any atom is -0.447 e. The van der Waals surface area contributed by atoms with Crippen molar-refractivity contribution in [1.29, 1.82) is 0 Å². The molecule has 6 heteroatoms. The highest BCUT2D eigenvalue weighted by Gasteiger charge is 2.38. The number of hydrogen-bond acceptors (Lipinski definition) is 4. The minimum atomic E-state index is -3.52. The van der Waals surface area contributed by atoms with Gasteiger partial charge in [-0.2, -0.15) is 0 Å². The van der Waals surface area contributed by atoms with Crippen molar-refractivity contribution in [3.05, 3.63) is 17.9 Å². The van der Waals surface area contributed by atoms with Crippen LogP contribution in [0.2, 0.25) is 0 Å². The molecule has 0 atom stereocenters. The molecule has 20 heavy (non-hydrogen) atoms. The van der Waals surface area contributed by atoms with Crippen LogP contribution in [0.1, 0.15) is 39.4 Å². The average Bonchev–Trinajstić information content (AvgIpc) is 2.89. The minimum absolute atomic E-state index is 0.00287. The molecular formula is C14H24N2O3S. The van der Waals surface area contributed by atoms with Crippen LogP contribution in [0.5, 0.6) is 0 Å². The van der Waals surface area contributed by atoms with Crippen LogP contribution in [0.3, 0.4) is 0 Å². The van der Waals surface area contributed by atoms with Crippen LogP contribution in [-0.4, -0.2) is 21.5 Å². The number of nitrogens with one attached hydrogen (secondary N) is 2. The van der Waals surface area contributed by atoms with Gasteiger partial charge in [0.25, 0.3) is 10.0 Å². The maximum absolute atomic E-state index is 12.1. The zero-order chi connectivity index (χ0) is 14.8. The van der Waals surface area contributed by atoms with Gasteiger partial charge >= 0.3 is 0 Å². The second-order valence-electron chi connectivity index (χ2n) is 6.38. The zero-order valence-electron chi connectivity index (χ0n) is 12.4. The second-order valence-corrected chi connectivity index (χ2v) is 8.08. The van der Waals surface area contributed by atoms with E-state index >= 15 is 0 Å². The topological polar surface area (TPSA) is 71.3 Å². The first kappa shape index (κ1) is 15.5. The van der Waals surface area contributed by atoms with Gasteiger partial charge in [0.05, 0.1) is 6.54 Å². The van der Waals surface area contributed by atoms with Crippen molar-refractivity contribution in [3.8, 4) is 0 Å². The Labute approximate surface area is 121 Å². The standard InChI is InChI=1S/C14H24N2O3S/c1-11(2)8-15-9-12-4-5-13(19-12)20(17,18)16-10-14(3)6-7-14/h4-5,11,15-16H,6-10H2,1-3H3. The summed E-state index contributed by atoms with van der Waals surface area (Å²) in [5, 5.41) is 3.23. The third-order valence-electron chi connectivity index (χ3n) is 3.55. The van der Waals surface area contributed by atoms with Gasteiger partial charge in [0.1, 0.15) is 5.76 Å². The lowest BCUT2D eigenvalue weighted by Crippen LogP contribution is -2.28. The van der Waals surface area contributed by atoms with E-state index in [1.54, 1.807) is 6.07 Å². The zero-order valence-corrected chi connectivity index (χ0v) is 13.2. The lowest BCUT2D eigenvalue weighted by atomic mass is 10.2. The van der Waals surface area contributed by atoms with Gasteiger partial charge < -0.3 is 9.73 Å². The summed E-state index contributed by atoms with van der Waals surface area (Å²) >= 11 is 0. The van der Waals surface area contributed by atoms with Crippen LogP contribution in [0.4, 0.5) is 0 Å². The van der Waals surface area contributed by atoms with Gasteiger partial charge in [0.2, 0.25) is 5.09 Å². The largest absolute Gasteiger partial charge is 0.447 e. The Balaban J connectivity index is 1.89. The van der Waals surface area contributed by atoms with Crippen LogP contribution >= 0.6 is 0 Å². The van der Waals surface area contributed by atoms with E-state index in [-0.39, 0.29) is 10.5 Å². The smallest absolute Gasteiger partial charge is 0.273 e. The SMILES string of the molecule is CC(C)CNCc1ccc(S(=O)(=O)NCC2(C)CC2)o1. The summed E-state index contributed by atoms with van der Waals surface area (Å²) in [5.41, 5.74) is 0.140. The molecule has 0 bridgehead atoms. The van der Waals surface area contributed by atoms with Gasteiger partial charge in [0, 0.05) is 6.54 Å². The Hall–Kier alpha value is -0.850. The molecule has 1 heterocycles. The molecule has 0 aromatic carbocycles. The highest BCUT2D eigenvalue weighted by molar-refractivity contribution is 7.89. The lowest BCUT2D eigenvalue weighted by molar-refractivity contribution is 0.393. The molecule has 0 unspecified atom stereocenters. The Morgan fingerprint density at radius 2 is 2.05 bits per heavy atom. The first-order valence-electron chi connectivity index (χ1n) is 7.10. The van der Waals surface area contributed by atoms with Crippen molar-refractivity contribution in [2.75, 3.05) is 13.1 Å². The third kappa shape index (κ3) is 4.33. The van der Waals surface area contributed by atoms with Gasteiger partial charge in [-0.15, -0.1) is 0 Å². The molecule has 1 fully saturated rings. The average molecular weight is 300 g/mol. The predicted molar refractivity (Wildman–Crippen MR) is 77.8 cm³/mol. The van der Waals surface area contributed by atoms with Crippen LogP contribution in [0.15, 0.2) is 21.6 Å². The number of furan rings is 1. The first-order valence-corrected chi connectivity index (χ1v) is 8.58. The van der Waals surface area contributed by atoms with E-state index in [1.165, 1.54) is 6.07 Å². The fourth-order valence-electron chi connectivity index (χ4n) is 1.81. The van der Waals surface area contributed by atoms with Crippen molar-refractivity contribution >= 4 is 10.0 Å². The third-order valence-corrected chi connectivity index (χ3v) is 4.82. The molecule has 0 radical (unpaired) electrons. The number of rotatable bonds is 8. The number of sulfonamides is 1. The van der Waals surface area contributed by atoms with Crippen LogP contribution in [0, 0.1) is 11.3 Å². The quantitative estimate of drug-likeness (QED) is 0.771. The van der Waals surface area contributed by atoms with E-state index in [2.05, 4.69) is 30.8 Å². The predicted octanol–water partition coefficient (Wildman–Crippen LogP) is 2.10. The molecule has 2 rings (SSSR count). The maximum Gasteiger partial charge on any atom is 0.273 e. The molecule has 0 amide bonds. The summed E-state index contributed by atoms with van der Waals surface area (Å²) in [5.74, 6) is 1.19. The van der Waals surface area contributed by atoms with Crippen LogP contribution in [-0.2, 0) is 16.6 Å². The van der Waals surface area contributed by atoms with Crippen molar-refractivity contribution in [3.63, 3.8) is 0 Å². The molecule has 1 aromatic heterocycles. The highest BCUT2D eigenvalue weighted by atomic mass is 32.2. The van der Waals surface area contributed by atoms with E-state index in [0.29, 0.717) is 24.8 Å². The van der Waals surface area contributed by atoms with Gasteiger partial charge in [-0.3, -0.25) is 0 Å². The fraction of sp³-hybridized carbons (Fsp3) is 0.714. The normalized spacial score (nSPS) is 17.6. The first-order chi connectivity index (χ1) is 9.31. The summed E-state index contributed by atoms with van der Waals surface area (Å²) in [7, 11) is -3.52. The monoisotopic (exact) mass is 300 g/mol. The Kier molecular flexibility index (Phi) is 4.56. The molecule has 0 spiro atoms. The van der Waals surface area contributed by atoms with Gasteiger partial charge in [-0.25, -0.2) is 13.1 Å². The Morgan fingerprint density at radius 3 is 2.65 bits per heavy atom. The molecule has 2 N–H and O–H groups in total. The molecule has 0 aliphatic heterocycles. The van der Waals surface area contributed by atoms with Gasteiger partial charge in [-0.05, 0) is 42.9 Å². The van der Waals surface area contributed by atoms with E-state index in [4.69, 9.17) is 4.42 Å². The molecule has 1 aromatic rings. The van der Waals surface area contributed by atoms with Crippen molar-refractivity contribution in [2.45, 2.75) is 45.2 Å². The van der Waals surface area contributed by atoms with Crippen molar-refractivity contribution in [1.82, 2.24) is 10.0 Å². The molecule has 1 saturated carbocycles. The van der Waals surface area contributed by atoms with E-state index in [0.717, 1.165) is 19.4 Å². The summed E-state index contributed by atoms with van der Waals surface area (Å²) in [6.07, 6.45) is 2.16. The van der Waals surface area contributed by atoms with E-state index < -0.39 is 10.0 Å². The summed E-state index contributed by atoms with van der Waals surface area (Å²) in [6, 6.07) is 3.23. The van der Waals surface area contributed by atoms with Crippen molar-refractivity contribution in [2.24, 2.45) is 11.3 Å². The summed E-state index contributed by atoms with van der Waals surface area (Å²) < 4.78 is 32.2. The van der Waals surface area contributed by atoms with Gasteiger partial charge in [0.15, 0.2) is 0 Å². The molecular weight excluding hydrogens is 276 g/mol. The molecule has 0 saturated heterocycles.